The minimum atomic E-state index is -0.122. The Morgan fingerprint density at radius 1 is 0.456 bits per heavy atom. The van der Waals surface area contributed by atoms with Gasteiger partial charge in [-0.25, -0.2) is 0 Å². The van der Waals surface area contributed by atoms with Crippen LogP contribution in [0.5, 0.6) is 0 Å². The Hall–Kier alpha value is -6.42. The Bertz CT molecular complexity index is 2980. The maximum atomic E-state index is 2.49. The van der Waals surface area contributed by atoms with Crippen LogP contribution < -0.4 is 9.80 Å². The van der Waals surface area contributed by atoms with Gasteiger partial charge >= 0.3 is 0 Å². The Labute approximate surface area is 338 Å². The predicted molar refractivity (Wildman–Crippen MR) is 244 cm³/mol. The summed E-state index contributed by atoms with van der Waals surface area (Å²) >= 11 is 1.89. The van der Waals surface area contributed by atoms with Gasteiger partial charge in [0.1, 0.15) is 0 Å². The zero-order valence-electron chi connectivity index (χ0n) is 32.6. The van der Waals surface area contributed by atoms with Crippen LogP contribution in [0.1, 0.15) is 49.9 Å². The van der Waals surface area contributed by atoms with E-state index in [1.165, 1.54) is 87.4 Å². The van der Waals surface area contributed by atoms with Crippen molar-refractivity contribution in [2.75, 3.05) is 9.80 Å². The topological polar surface area (TPSA) is 6.48 Å². The van der Waals surface area contributed by atoms with Gasteiger partial charge in [0.05, 0.1) is 17.1 Å². The molecule has 1 aliphatic carbocycles. The van der Waals surface area contributed by atoms with Gasteiger partial charge in [0.2, 0.25) is 0 Å². The first-order valence-electron chi connectivity index (χ1n) is 19.9. The molecule has 1 aromatic heterocycles. The van der Waals surface area contributed by atoms with Crippen molar-refractivity contribution in [3.8, 4) is 22.3 Å². The summed E-state index contributed by atoms with van der Waals surface area (Å²) in [4.78, 5) is 4.93. The molecule has 0 radical (unpaired) electrons. The van der Waals surface area contributed by atoms with Crippen molar-refractivity contribution in [2.24, 2.45) is 0 Å². The van der Waals surface area contributed by atoms with Crippen LogP contribution in [0.15, 0.2) is 182 Å². The van der Waals surface area contributed by atoms with E-state index in [-0.39, 0.29) is 10.8 Å². The molecule has 0 spiro atoms. The highest BCUT2D eigenvalue weighted by atomic mass is 32.1. The summed E-state index contributed by atoms with van der Waals surface area (Å²) in [5.74, 6) is 0. The lowest BCUT2D eigenvalue weighted by Crippen LogP contribution is -2.30. The monoisotopic (exact) mass is 750 g/mol. The molecule has 0 saturated carbocycles. The third kappa shape index (κ3) is 5.02. The third-order valence-electron chi connectivity index (χ3n) is 12.6. The smallest absolute Gasteiger partial charge is 0.0543 e. The van der Waals surface area contributed by atoms with Crippen molar-refractivity contribution >= 4 is 65.6 Å². The minimum absolute atomic E-state index is 0.0834. The zero-order valence-corrected chi connectivity index (χ0v) is 33.4. The van der Waals surface area contributed by atoms with Crippen LogP contribution >= 0.6 is 11.3 Å². The van der Waals surface area contributed by atoms with E-state index in [4.69, 9.17) is 0 Å². The summed E-state index contributed by atoms with van der Waals surface area (Å²) < 4.78 is 2.62. The molecule has 0 atom stereocenters. The van der Waals surface area contributed by atoms with Gasteiger partial charge < -0.3 is 9.80 Å². The number of benzene rings is 8. The molecule has 0 amide bonds. The molecule has 1 aliphatic heterocycles. The first-order chi connectivity index (χ1) is 27.8. The van der Waals surface area contributed by atoms with Gasteiger partial charge in [-0.1, -0.05) is 149 Å². The van der Waals surface area contributed by atoms with Crippen LogP contribution in [0.4, 0.5) is 34.1 Å². The van der Waals surface area contributed by atoms with Crippen LogP contribution in [-0.2, 0) is 10.8 Å². The summed E-state index contributed by atoms with van der Waals surface area (Å²) in [5.41, 5.74) is 17.4. The Morgan fingerprint density at radius 2 is 1.04 bits per heavy atom. The van der Waals surface area contributed by atoms with Crippen molar-refractivity contribution in [1.29, 1.82) is 0 Å². The van der Waals surface area contributed by atoms with Crippen molar-refractivity contribution < 1.29 is 0 Å². The summed E-state index contributed by atoms with van der Waals surface area (Å²) in [7, 11) is 0. The quantitative estimate of drug-likeness (QED) is 0.173. The number of nitrogens with zero attached hydrogens (tertiary/aromatic N) is 2. The van der Waals surface area contributed by atoms with E-state index < -0.39 is 0 Å². The maximum Gasteiger partial charge on any atom is 0.0543 e. The molecule has 0 saturated heterocycles. The van der Waals surface area contributed by atoms with Crippen LogP contribution in [0.2, 0.25) is 0 Å². The van der Waals surface area contributed by atoms with Crippen molar-refractivity contribution in [1.82, 2.24) is 0 Å². The molecule has 2 aliphatic rings. The van der Waals surface area contributed by atoms with Crippen LogP contribution in [0.3, 0.4) is 0 Å². The fraction of sp³-hybridized carbons (Fsp3) is 0.111. The summed E-state index contributed by atoms with van der Waals surface area (Å²) in [6.07, 6.45) is 0. The maximum absolute atomic E-state index is 2.49. The second-order valence-corrected chi connectivity index (χ2v) is 17.6. The summed E-state index contributed by atoms with van der Waals surface area (Å²) in [5, 5.41) is 2.59. The molecule has 3 heteroatoms. The Balaban J connectivity index is 1.10. The highest BCUT2D eigenvalue weighted by Crippen LogP contribution is 2.56. The normalized spacial score (nSPS) is 14.6. The number of fused-ring (bicyclic) bond motifs is 8. The molecule has 2 nitrogen and oxygen atoms in total. The molecule has 0 fully saturated rings. The molecule has 0 unspecified atom stereocenters. The molecule has 2 heterocycles. The molecule has 0 N–H and O–H groups in total. The lowest BCUT2D eigenvalue weighted by atomic mass is 9.73. The number of hydrogen-bond donors (Lipinski definition) is 0. The van der Waals surface area contributed by atoms with E-state index in [1.807, 2.05) is 11.3 Å². The van der Waals surface area contributed by atoms with Gasteiger partial charge in [-0.3, -0.25) is 0 Å². The van der Waals surface area contributed by atoms with E-state index in [1.54, 1.807) is 0 Å². The van der Waals surface area contributed by atoms with Gasteiger partial charge in [0, 0.05) is 59.2 Å². The van der Waals surface area contributed by atoms with Crippen molar-refractivity contribution in [3.63, 3.8) is 0 Å². The van der Waals surface area contributed by atoms with Gasteiger partial charge in [-0.15, -0.1) is 11.3 Å². The van der Waals surface area contributed by atoms with E-state index >= 15 is 0 Å². The third-order valence-corrected chi connectivity index (χ3v) is 13.9. The highest BCUT2D eigenvalue weighted by Gasteiger charge is 2.38. The Kier molecular flexibility index (Phi) is 7.46. The standard InChI is InChI=1S/C54H42N2S/c1-53(2)43-21-10-8-20-40(43)51-46(53)24-16-27-49(51)55(36-17-6-5-7-18-36)37-31-29-35(30-32-37)41-33-38(34-42-39-19-9-15-28-50(39)57-52(41)42)56-47-25-13-11-22-44(47)54(3,4)45-23-12-14-26-48(45)56/h5-34H,1-4H3. The van der Waals surface area contributed by atoms with E-state index in [2.05, 4.69) is 219 Å². The summed E-state index contributed by atoms with van der Waals surface area (Å²) in [6.45, 7) is 9.42. The zero-order chi connectivity index (χ0) is 38.5. The highest BCUT2D eigenvalue weighted by molar-refractivity contribution is 7.26. The van der Waals surface area contributed by atoms with E-state index in [0.29, 0.717) is 0 Å². The average Bonchev–Trinajstić information content (AvgIpc) is 3.74. The van der Waals surface area contributed by atoms with E-state index in [9.17, 15) is 0 Å². The summed E-state index contributed by atoms with van der Waals surface area (Å²) in [6, 6.07) is 67.5. The van der Waals surface area contributed by atoms with Gasteiger partial charge in [0.25, 0.3) is 0 Å². The molecule has 274 valence electrons. The molecular formula is C54H42N2S. The first-order valence-corrected chi connectivity index (χ1v) is 20.8. The number of hydrogen-bond acceptors (Lipinski definition) is 3. The predicted octanol–water partition coefficient (Wildman–Crippen LogP) is 15.6. The largest absolute Gasteiger partial charge is 0.310 e. The van der Waals surface area contributed by atoms with Crippen LogP contribution in [0.25, 0.3) is 42.4 Å². The van der Waals surface area contributed by atoms with Gasteiger partial charge in [-0.2, -0.15) is 0 Å². The van der Waals surface area contributed by atoms with E-state index in [0.717, 1.165) is 11.4 Å². The molecular weight excluding hydrogens is 709 g/mol. The molecule has 11 rings (SSSR count). The van der Waals surface area contributed by atoms with Gasteiger partial charge in [-0.05, 0) is 94.0 Å². The van der Waals surface area contributed by atoms with Crippen molar-refractivity contribution in [3.05, 3.63) is 204 Å². The van der Waals surface area contributed by atoms with Crippen LogP contribution in [0, 0.1) is 0 Å². The van der Waals surface area contributed by atoms with Gasteiger partial charge in [0.15, 0.2) is 0 Å². The fourth-order valence-electron chi connectivity index (χ4n) is 9.82. The second kappa shape index (κ2) is 12.5. The lowest BCUT2D eigenvalue weighted by molar-refractivity contribution is 0.632. The second-order valence-electron chi connectivity index (χ2n) is 16.6. The van der Waals surface area contributed by atoms with Crippen LogP contribution in [-0.4, -0.2) is 0 Å². The number of anilines is 6. The SMILES string of the molecule is CC1(C)c2ccccc2N(c2cc(-c3ccc(N(c4ccccc4)c4cccc5c4-c4ccccc4C5(C)C)cc3)c3sc4ccccc4c3c2)c2ccccc21. The number of rotatable bonds is 5. The fourth-order valence-corrected chi connectivity index (χ4v) is 11.0. The lowest BCUT2D eigenvalue weighted by Gasteiger charge is -2.42. The number of para-hydroxylation sites is 3. The molecule has 9 aromatic rings. The van der Waals surface area contributed by atoms with Crippen molar-refractivity contribution in [2.45, 2.75) is 38.5 Å². The molecule has 0 bridgehead atoms. The first kappa shape index (κ1) is 33.9. The Morgan fingerprint density at radius 3 is 1.77 bits per heavy atom. The number of thiophene rings is 1. The molecule has 57 heavy (non-hydrogen) atoms. The minimum Gasteiger partial charge on any atom is -0.310 e. The molecule has 8 aromatic carbocycles. The average molecular weight is 751 g/mol.